The minimum absolute atomic E-state index is 0.134. The van der Waals surface area contributed by atoms with Crippen LogP contribution in [0.3, 0.4) is 0 Å². The number of hydrogen-bond acceptors (Lipinski definition) is 6. The number of nitrogens with zero attached hydrogens (tertiary/aromatic N) is 4. The van der Waals surface area contributed by atoms with Crippen LogP contribution in [0.1, 0.15) is 33.2 Å². The molecule has 0 atom stereocenters. The third-order valence-electron chi connectivity index (χ3n) is 4.61. The van der Waals surface area contributed by atoms with Crippen molar-refractivity contribution in [3.05, 3.63) is 52.0 Å². The van der Waals surface area contributed by atoms with Gasteiger partial charge in [0.05, 0.1) is 16.4 Å². The van der Waals surface area contributed by atoms with Crippen LogP contribution in [0.4, 0.5) is 11.5 Å². The highest BCUT2D eigenvalue weighted by Gasteiger charge is 2.15. The maximum Gasteiger partial charge on any atom is 0.267 e. The first-order valence-electron chi connectivity index (χ1n) is 9.04. The number of benzene rings is 1. The van der Waals surface area contributed by atoms with Gasteiger partial charge < -0.3 is 10.2 Å². The average Bonchev–Trinajstić information content (AvgIpc) is 3.32. The van der Waals surface area contributed by atoms with Gasteiger partial charge in [-0.15, -0.1) is 21.5 Å². The number of thiazole rings is 1. The van der Waals surface area contributed by atoms with Crippen molar-refractivity contribution in [2.75, 3.05) is 23.3 Å². The summed E-state index contributed by atoms with van der Waals surface area (Å²) < 4.78 is 0. The van der Waals surface area contributed by atoms with Crippen molar-refractivity contribution in [1.29, 1.82) is 0 Å². The number of carbonyl (C=O) groups excluding carboxylic acids is 1. The summed E-state index contributed by atoms with van der Waals surface area (Å²) >= 11 is 1.41. The number of anilines is 2. The van der Waals surface area contributed by atoms with E-state index in [1.54, 1.807) is 0 Å². The van der Waals surface area contributed by atoms with Gasteiger partial charge in [0.25, 0.3) is 5.91 Å². The monoisotopic (exact) mass is 379 g/mol. The van der Waals surface area contributed by atoms with Crippen LogP contribution in [-0.2, 0) is 0 Å². The van der Waals surface area contributed by atoms with Gasteiger partial charge in [-0.25, -0.2) is 4.98 Å². The minimum Gasteiger partial charge on any atom is -0.355 e. The van der Waals surface area contributed by atoms with E-state index in [1.807, 2.05) is 50.2 Å². The Hall–Kier alpha value is -2.80. The molecule has 0 aliphatic carbocycles. The highest BCUT2D eigenvalue weighted by atomic mass is 32.1. The van der Waals surface area contributed by atoms with E-state index in [4.69, 9.17) is 0 Å². The Bertz CT molecular complexity index is 961. The first kappa shape index (κ1) is 17.6. The third-order valence-corrected chi connectivity index (χ3v) is 5.68. The molecular weight excluding hydrogens is 358 g/mol. The van der Waals surface area contributed by atoms with Crippen molar-refractivity contribution in [3.8, 4) is 11.3 Å². The smallest absolute Gasteiger partial charge is 0.267 e. The Morgan fingerprint density at radius 1 is 1.11 bits per heavy atom. The summed E-state index contributed by atoms with van der Waals surface area (Å²) in [5, 5.41) is 12.6. The Morgan fingerprint density at radius 3 is 2.59 bits per heavy atom. The molecule has 0 radical (unpaired) electrons. The lowest BCUT2D eigenvalue weighted by atomic mass is 10.1. The summed E-state index contributed by atoms with van der Waals surface area (Å²) in [7, 11) is 0. The number of amides is 1. The number of rotatable bonds is 4. The summed E-state index contributed by atoms with van der Waals surface area (Å²) in [6.45, 7) is 5.85. The highest BCUT2D eigenvalue weighted by Crippen LogP contribution is 2.24. The predicted molar refractivity (Wildman–Crippen MR) is 108 cm³/mol. The molecule has 7 heteroatoms. The molecule has 1 N–H and O–H groups in total. The average molecular weight is 379 g/mol. The Kier molecular flexibility index (Phi) is 4.85. The van der Waals surface area contributed by atoms with Crippen molar-refractivity contribution in [2.24, 2.45) is 0 Å². The number of hydrogen-bond donors (Lipinski definition) is 1. The summed E-state index contributed by atoms with van der Waals surface area (Å²) in [5.41, 5.74) is 3.20. The molecule has 138 valence electrons. The van der Waals surface area contributed by atoms with Crippen LogP contribution < -0.4 is 10.2 Å². The molecule has 3 aromatic rings. The summed E-state index contributed by atoms with van der Waals surface area (Å²) in [6, 6.07) is 11.7. The maximum absolute atomic E-state index is 12.5. The number of aromatic nitrogens is 3. The van der Waals surface area contributed by atoms with E-state index in [9.17, 15) is 4.79 Å². The molecule has 1 amide bonds. The zero-order valence-electron chi connectivity index (χ0n) is 15.4. The summed E-state index contributed by atoms with van der Waals surface area (Å²) in [4.78, 5) is 19.7. The fourth-order valence-corrected chi connectivity index (χ4v) is 4.10. The first-order chi connectivity index (χ1) is 13.1. The van der Waals surface area contributed by atoms with Gasteiger partial charge >= 0.3 is 0 Å². The minimum atomic E-state index is -0.134. The largest absolute Gasteiger partial charge is 0.355 e. The molecule has 1 fully saturated rings. The first-order valence-corrected chi connectivity index (χ1v) is 9.86. The second-order valence-electron chi connectivity index (χ2n) is 6.65. The maximum atomic E-state index is 12.5. The molecule has 0 unspecified atom stereocenters. The lowest BCUT2D eigenvalue weighted by Crippen LogP contribution is -2.19. The Labute approximate surface area is 162 Å². The van der Waals surface area contributed by atoms with Gasteiger partial charge in [-0.1, -0.05) is 12.1 Å². The third kappa shape index (κ3) is 3.83. The van der Waals surface area contributed by atoms with E-state index in [1.165, 1.54) is 24.2 Å². The second-order valence-corrected chi connectivity index (χ2v) is 7.86. The Morgan fingerprint density at radius 2 is 1.93 bits per heavy atom. The van der Waals surface area contributed by atoms with Gasteiger partial charge in [0.1, 0.15) is 4.88 Å². The predicted octanol–water partition coefficient (Wildman–Crippen LogP) is 4.07. The molecule has 0 spiro atoms. The van der Waals surface area contributed by atoms with E-state index in [2.05, 4.69) is 25.4 Å². The number of aryl methyl sites for hydroxylation is 2. The summed E-state index contributed by atoms with van der Waals surface area (Å²) in [6.07, 6.45) is 2.42. The van der Waals surface area contributed by atoms with Gasteiger partial charge in [-0.2, -0.15) is 0 Å². The van der Waals surface area contributed by atoms with Crippen LogP contribution >= 0.6 is 11.3 Å². The lowest BCUT2D eigenvalue weighted by molar-refractivity contribution is 0.103. The van der Waals surface area contributed by atoms with Crippen LogP contribution in [0.25, 0.3) is 11.3 Å². The number of carbonyl (C=O) groups is 1. The molecular formula is C20H21N5OS. The van der Waals surface area contributed by atoms with Crippen LogP contribution in [0, 0.1) is 13.8 Å². The SMILES string of the molecule is Cc1nc(C)c(C(=O)Nc2cccc(-c3ccc(N4CCCC4)nn3)c2)s1. The van der Waals surface area contributed by atoms with Gasteiger partial charge in [-0.3, -0.25) is 4.79 Å². The van der Waals surface area contributed by atoms with Crippen LogP contribution in [-0.4, -0.2) is 34.2 Å². The van der Waals surface area contributed by atoms with Gasteiger partial charge in [-0.05, 0) is 51.0 Å². The van der Waals surface area contributed by atoms with Crippen LogP contribution in [0.2, 0.25) is 0 Å². The lowest BCUT2D eigenvalue weighted by Gasteiger charge is -2.15. The molecule has 6 nitrogen and oxygen atoms in total. The fourth-order valence-electron chi connectivity index (χ4n) is 3.28. The molecule has 3 heterocycles. The summed E-state index contributed by atoms with van der Waals surface area (Å²) in [5.74, 6) is 0.794. The van der Waals surface area contributed by atoms with Crippen molar-refractivity contribution in [1.82, 2.24) is 15.2 Å². The van der Waals surface area contributed by atoms with Gasteiger partial charge in [0.15, 0.2) is 5.82 Å². The van der Waals surface area contributed by atoms with Gasteiger partial charge in [0, 0.05) is 24.3 Å². The molecule has 0 saturated carbocycles. The number of nitrogens with one attached hydrogen (secondary N) is 1. The van der Waals surface area contributed by atoms with Crippen LogP contribution in [0.5, 0.6) is 0 Å². The van der Waals surface area contributed by atoms with E-state index in [0.29, 0.717) is 4.88 Å². The topological polar surface area (TPSA) is 71.0 Å². The molecule has 0 bridgehead atoms. The van der Waals surface area contributed by atoms with E-state index in [0.717, 1.165) is 46.6 Å². The van der Waals surface area contributed by atoms with E-state index in [-0.39, 0.29) is 5.91 Å². The normalized spacial score (nSPS) is 13.8. The van der Waals surface area contributed by atoms with Crippen LogP contribution in [0.15, 0.2) is 36.4 Å². The molecule has 2 aromatic heterocycles. The van der Waals surface area contributed by atoms with Crippen molar-refractivity contribution >= 4 is 28.7 Å². The van der Waals surface area contributed by atoms with E-state index >= 15 is 0 Å². The van der Waals surface area contributed by atoms with E-state index < -0.39 is 0 Å². The van der Waals surface area contributed by atoms with Crippen molar-refractivity contribution in [2.45, 2.75) is 26.7 Å². The molecule has 1 saturated heterocycles. The zero-order chi connectivity index (χ0) is 18.8. The quantitative estimate of drug-likeness (QED) is 0.740. The fraction of sp³-hybridized carbons (Fsp3) is 0.300. The van der Waals surface area contributed by atoms with Gasteiger partial charge in [0.2, 0.25) is 0 Å². The molecule has 1 aliphatic heterocycles. The molecule has 1 aliphatic rings. The van der Waals surface area contributed by atoms with Crippen molar-refractivity contribution < 1.29 is 4.79 Å². The molecule has 1 aromatic carbocycles. The standard InChI is InChI=1S/C20H21N5OS/c1-13-19(27-14(2)21-13)20(26)22-16-7-5-6-15(12-16)17-8-9-18(24-23-17)25-10-3-4-11-25/h5-9,12H,3-4,10-11H2,1-2H3,(H,22,26). The van der Waals surface area contributed by atoms with Crippen molar-refractivity contribution in [3.63, 3.8) is 0 Å². The molecule has 4 rings (SSSR count). The Balaban J connectivity index is 1.52. The zero-order valence-corrected chi connectivity index (χ0v) is 16.2. The second kappa shape index (κ2) is 7.44. The highest BCUT2D eigenvalue weighted by molar-refractivity contribution is 7.13. The molecule has 27 heavy (non-hydrogen) atoms.